The maximum absolute atomic E-state index is 12.1. The molecular formula is C12H14N2O. The van der Waals surface area contributed by atoms with Crippen molar-refractivity contribution in [2.75, 3.05) is 19.6 Å². The molecule has 1 N–H and O–H groups in total. The first-order valence-corrected chi connectivity index (χ1v) is 5.46. The highest BCUT2D eigenvalue weighted by Crippen LogP contribution is 2.21. The average Bonchev–Trinajstić information content (AvgIpc) is 2.20. The SMILES string of the molecule is O=C1c2ccccc2CCN1C1CNC1. The molecule has 1 fully saturated rings. The molecule has 2 aliphatic rings. The number of fused-ring (bicyclic) bond motifs is 1. The van der Waals surface area contributed by atoms with E-state index in [-0.39, 0.29) is 5.91 Å². The predicted molar refractivity (Wildman–Crippen MR) is 57.8 cm³/mol. The molecule has 0 atom stereocenters. The lowest BCUT2D eigenvalue weighted by Crippen LogP contribution is -2.60. The molecule has 1 saturated heterocycles. The fraction of sp³-hybridized carbons (Fsp3) is 0.417. The number of nitrogens with zero attached hydrogens (tertiary/aromatic N) is 1. The van der Waals surface area contributed by atoms with Gasteiger partial charge in [-0.2, -0.15) is 0 Å². The van der Waals surface area contributed by atoms with Gasteiger partial charge < -0.3 is 10.2 Å². The Morgan fingerprint density at radius 3 is 2.80 bits per heavy atom. The molecule has 3 nitrogen and oxygen atoms in total. The monoisotopic (exact) mass is 202 g/mol. The Labute approximate surface area is 89.1 Å². The Morgan fingerprint density at radius 1 is 1.27 bits per heavy atom. The lowest BCUT2D eigenvalue weighted by atomic mass is 9.96. The smallest absolute Gasteiger partial charge is 0.254 e. The Balaban J connectivity index is 1.91. The minimum atomic E-state index is 0.211. The minimum Gasteiger partial charge on any atom is -0.333 e. The highest BCUT2D eigenvalue weighted by Gasteiger charge is 2.32. The molecule has 0 unspecified atom stereocenters. The van der Waals surface area contributed by atoms with Crippen molar-refractivity contribution < 1.29 is 4.79 Å². The van der Waals surface area contributed by atoms with E-state index >= 15 is 0 Å². The fourth-order valence-corrected chi connectivity index (χ4v) is 2.29. The largest absolute Gasteiger partial charge is 0.333 e. The lowest BCUT2D eigenvalue weighted by molar-refractivity contribution is 0.0596. The zero-order valence-corrected chi connectivity index (χ0v) is 8.57. The molecule has 0 radical (unpaired) electrons. The van der Waals surface area contributed by atoms with Gasteiger partial charge in [0.2, 0.25) is 0 Å². The summed E-state index contributed by atoms with van der Waals surface area (Å²) in [6.45, 7) is 2.78. The maximum atomic E-state index is 12.1. The van der Waals surface area contributed by atoms with Crippen LogP contribution in [-0.2, 0) is 6.42 Å². The van der Waals surface area contributed by atoms with Gasteiger partial charge in [0, 0.05) is 25.2 Å². The van der Waals surface area contributed by atoms with Gasteiger partial charge in [-0.1, -0.05) is 18.2 Å². The molecule has 1 aromatic carbocycles. The summed E-state index contributed by atoms with van der Waals surface area (Å²) >= 11 is 0. The number of carbonyl (C=O) groups excluding carboxylic acids is 1. The van der Waals surface area contributed by atoms with Crippen LogP contribution in [0.3, 0.4) is 0 Å². The summed E-state index contributed by atoms with van der Waals surface area (Å²) in [5, 5.41) is 3.21. The number of benzene rings is 1. The number of hydrogen-bond acceptors (Lipinski definition) is 2. The number of amides is 1. The summed E-state index contributed by atoms with van der Waals surface area (Å²) in [5.74, 6) is 0.211. The van der Waals surface area contributed by atoms with Crippen molar-refractivity contribution in [2.45, 2.75) is 12.5 Å². The Kier molecular flexibility index (Phi) is 1.99. The summed E-state index contributed by atoms with van der Waals surface area (Å²) in [7, 11) is 0. The first kappa shape index (κ1) is 8.92. The van der Waals surface area contributed by atoms with E-state index in [0.29, 0.717) is 6.04 Å². The third kappa shape index (κ3) is 1.35. The van der Waals surface area contributed by atoms with E-state index in [1.165, 1.54) is 5.56 Å². The molecule has 0 aliphatic carbocycles. The molecule has 2 aliphatic heterocycles. The van der Waals surface area contributed by atoms with Gasteiger partial charge in [-0.15, -0.1) is 0 Å². The van der Waals surface area contributed by atoms with E-state index < -0.39 is 0 Å². The van der Waals surface area contributed by atoms with Crippen LogP contribution in [-0.4, -0.2) is 36.5 Å². The molecule has 1 amide bonds. The van der Waals surface area contributed by atoms with Crippen LogP contribution in [0, 0.1) is 0 Å². The van der Waals surface area contributed by atoms with Gasteiger partial charge in [0.25, 0.3) is 5.91 Å². The third-order valence-electron chi connectivity index (χ3n) is 3.33. The zero-order valence-electron chi connectivity index (χ0n) is 8.57. The summed E-state index contributed by atoms with van der Waals surface area (Å²) in [4.78, 5) is 14.2. The lowest BCUT2D eigenvalue weighted by Gasteiger charge is -2.40. The van der Waals surface area contributed by atoms with E-state index in [0.717, 1.165) is 31.6 Å². The number of nitrogens with one attached hydrogen (secondary N) is 1. The molecule has 0 spiro atoms. The van der Waals surface area contributed by atoms with Crippen molar-refractivity contribution in [1.82, 2.24) is 10.2 Å². The van der Waals surface area contributed by atoms with Crippen molar-refractivity contribution >= 4 is 5.91 Å². The molecule has 1 aromatic rings. The topological polar surface area (TPSA) is 32.3 Å². The number of carbonyl (C=O) groups is 1. The van der Waals surface area contributed by atoms with Crippen LogP contribution >= 0.6 is 0 Å². The quantitative estimate of drug-likeness (QED) is 0.725. The Hall–Kier alpha value is -1.35. The van der Waals surface area contributed by atoms with Crippen LogP contribution in [0.4, 0.5) is 0 Å². The van der Waals surface area contributed by atoms with Crippen molar-refractivity contribution in [3.63, 3.8) is 0 Å². The molecular weight excluding hydrogens is 188 g/mol. The molecule has 0 saturated carbocycles. The fourth-order valence-electron chi connectivity index (χ4n) is 2.29. The standard InChI is InChI=1S/C12H14N2O/c15-12-11-4-2-1-3-9(11)5-6-14(12)10-7-13-8-10/h1-4,10,13H,5-8H2. The van der Waals surface area contributed by atoms with Crippen LogP contribution in [0.2, 0.25) is 0 Å². The van der Waals surface area contributed by atoms with Gasteiger partial charge >= 0.3 is 0 Å². The molecule has 15 heavy (non-hydrogen) atoms. The highest BCUT2D eigenvalue weighted by molar-refractivity contribution is 5.97. The van der Waals surface area contributed by atoms with E-state index in [9.17, 15) is 4.79 Å². The van der Waals surface area contributed by atoms with E-state index in [4.69, 9.17) is 0 Å². The van der Waals surface area contributed by atoms with Crippen LogP contribution in [0.15, 0.2) is 24.3 Å². The van der Waals surface area contributed by atoms with Crippen molar-refractivity contribution in [2.24, 2.45) is 0 Å². The Morgan fingerprint density at radius 2 is 2.07 bits per heavy atom. The Bertz CT molecular complexity index is 398. The van der Waals surface area contributed by atoms with Crippen LogP contribution in [0.5, 0.6) is 0 Å². The maximum Gasteiger partial charge on any atom is 0.254 e. The zero-order chi connectivity index (χ0) is 10.3. The van der Waals surface area contributed by atoms with Gasteiger partial charge in [-0.3, -0.25) is 4.79 Å². The van der Waals surface area contributed by atoms with Crippen LogP contribution in [0.25, 0.3) is 0 Å². The number of hydrogen-bond donors (Lipinski definition) is 1. The van der Waals surface area contributed by atoms with Crippen molar-refractivity contribution in [1.29, 1.82) is 0 Å². The van der Waals surface area contributed by atoms with Gasteiger partial charge in [-0.05, 0) is 18.1 Å². The molecule has 2 heterocycles. The molecule has 3 heteroatoms. The van der Waals surface area contributed by atoms with Crippen LogP contribution in [0.1, 0.15) is 15.9 Å². The van der Waals surface area contributed by atoms with Crippen molar-refractivity contribution in [3.8, 4) is 0 Å². The first-order valence-electron chi connectivity index (χ1n) is 5.46. The summed E-state index contributed by atoms with van der Waals surface area (Å²) in [5.41, 5.74) is 2.10. The van der Waals surface area contributed by atoms with Crippen molar-refractivity contribution in [3.05, 3.63) is 35.4 Å². The van der Waals surface area contributed by atoms with E-state index in [1.807, 2.05) is 23.1 Å². The molecule has 3 rings (SSSR count). The molecule has 78 valence electrons. The summed E-state index contributed by atoms with van der Waals surface area (Å²) < 4.78 is 0. The normalized spacial score (nSPS) is 21.1. The molecule has 0 aromatic heterocycles. The van der Waals surface area contributed by atoms with E-state index in [1.54, 1.807) is 0 Å². The second-order valence-corrected chi connectivity index (χ2v) is 4.22. The van der Waals surface area contributed by atoms with Gasteiger partial charge in [0.1, 0.15) is 0 Å². The predicted octanol–water partition coefficient (Wildman–Crippen LogP) is 0.657. The summed E-state index contributed by atoms with van der Waals surface area (Å²) in [6, 6.07) is 8.37. The second-order valence-electron chi connectivity index (χ2n) is 4.22. The second kappa shape index (κ2) is 3.35. The highest BCUT2D eigenvalue weighted by atomic mass is 16.2. The first-order chi connectivity index (χ1) is 7.36. The van der Waals surface area contributed by atoms with Gasteiger partial charge in [0.15, 0.2) is 0 Å². The minimum absolute atomic E-state index is 0.211. The third-order valence-corrected chi connectivity index (χ3v) is 3.33. The van der Waals surface area contributed by atoms with Crippen LogP contribution < -0.4 is 5.32 Å². The van der Waals surface area contributed by atoms with Gasteiger partial charge in [-0.25, -0.2) is 0 Å². The molecule has 0 bridgehead atoms. The van der Waals surface area contributed by atoms with Gasteiger partial charge in [0.05, 0.1) is 6.04 Å². The summed E-state index contributed by atoms with van der Waals surface area (Å²) in [6.07, 6.45) is 0.998. The number of rotatable bonds is 1. The average molecular weight is 202 g/mol. The van der Waals surface area contributed by atoms with E-state index in [2.05, 4.69) is 11.4 Å².